The van der Waals surface area contributed by atoms with Crippen molar-refractivity contribution in [3.63, 3.8) is 0 Å². The van der Waals surface area contributed by atoms with Gasteiger partial charge in [-0.2, -0.15) is 0 Å². The Labute approximate surface area is 234 Å². The second kappa shape index (κ2) is 13.1. The summed E-state index contributed by atoms with van der Waals surface area (Å²) in [5.41, 5.74) is 0.306. The maximum absolute atomic E-state index is 13.8. The van der Waals surface area contributed by atoms with E-state index in [1.54, 1.807) is 24.3 Å². The molecule has 0 fully saturated rings. The fraction of sp³-hybridized carbons (Fsp3) is 0.233. The summed E-state index contributed by atoms with van der Waals surface area (Å²) in [4.78, 5) is 12.9. The van der Waals surface area contributed by atoms with Gasteiger partial charge in [-0.05, 0) is 54.8 Å². The lowest BCUT2D eigenvalue weighted by atomic mass is 10.1. The van der Waals surface area contributed by atoms with Crippen molar-refractivity contribution in [3.05, 3.63) is 84.9 Å². The molecule has 0 aliphatic heterocycles. The number of fused-ring (bicyclic) bond motifs is 1. The Kier molecular flexibility index (Phi) is 9.34. The lowest BCUT2D eigenvalue weighted by Crippen LogP contribution is -2.41. The number of carbonyl (C=O) groups excluding carboxylic acids is 1. The minimum absolute atomic E-state index is 0.0499. The monoisotopic (exact) mass is 564 g/mol. The number of sulfonamides is 1. The van der Waals surface area contributed by atoms with Gasteiger partial charge in [0.2, 0.25) is 5.91 Å². The third-order valence-corrected chi connectivity index (χ3v) is 7.87. The first-order valence-corrected chi connectivity index (χ1v) is 14.2. The lowest BCUT2D eigenvalue weighted by molar-refractivity contribution is -0.119. The molecular formula is C30H32N2O7S. The van der Waals surface area contributed by atoms with Crippen LogP contribution < -0.4 is 28.6 Å². The smallest absolute Gasteiger partial charge is 0.264 e. The van der Waals surface area contributed by atoms with Gasteiger partial charge >= 0.3 is 0 Å². The van der Waals surface area contributed by atoms with Crippen LogP contribution in [0.1, 0.15) is 6.92 Å². The number of anilines is 1. The molecule has 0 aliphatic rings. The lowest BCUT2D eigenvalue weighted by Gasteiger charge is -2.25. The van der Waals surface area contributed by atoms with Crippen molar-refractivity contribution in [3.8, 4) is 23.0 Å². The number of amides is 1. The number of hydrogen-bond acceptors (Lipinski definition) is 7. The molecule has 0 saturated carbocycles. The maximum Gasteiger partial charge on any atom is 0.264 e. The van der Waals surface area contributed by atoms with Crippen molar-refractivity contribution in [2.45, 2.75) is 11.8 Å². The molecule has 210 valence electrons. The van der Waals surface area contributed by atoms with Crippen LogP contribution in [-0.2, 0) is 14.8 Å². The quantitative estimate of drug-likeness (QED) is 0.236. The van der Waals surface area contributed by atoms with E-state index in [0.29, 0.717) is 29.5 Å². The van der Waals surface area contributed by atoms with Crippen LogP contribution in [0.15, 0.2) is 89.8 Å². The number of methoxy groups -OCH3 is 2. The normalized spacial score (nSPS) is 11.1. The van der Waals surface area contributed by atoms with E-state index < -0.39 is 22.5 Å². The Bertz CT molecular complexity index is 1550. The van der Waals surface area contributed by atoms with E-state index >= 15 is 0 Å². The third kappa shape index (κ3) is 6.58. The van der Waals surface area contributed by atoms with Gasteiger partial charge in [-0.1, -0.05) is 36.4 Å². The molecule has 4 aromatic rings. The third-order valence-electron chi connectivity index (χ3n) is 6.10. The molecule has 0 aromatic heterocycles. The van der Waals surface area contributed by atoms with Gasteiger partial charge in [0.05, 0.1) is 38.0 Å². The van der Waals surface area contributed by atoms with Crippen LogP contribution in [-0.4, -0.2) is 54.8 Å². The fourth-order valence-electron chi connectivity index (χ4n) is 4.15. The number of benzene rings is 4. The van der Waals surface area contributed by atoms with Crippen molar-refractivity contribution in [2.24, 2.45) is 0 Å². The van der Waals surface area contributed by atoms with E-state index in [1.165, 1.54) is 32.4 Å². The molecule has 0 spiro atoms. The highest BCUT2D eigenvalue weighted by Gasteiger charge is 2.28. The van der Waals surface area contributed by atoms with Crippen LogP contribution in [0.3, 0.4) is 0 Å². The van der Waals surface area contributed by atoms with E-state index in [9.17, 15) is 13.2 Å². The first-order valence-electron chi connectivity index (χ1n) is 12.7. The zero-order valence-corrected chi connectivity index (χ0v) is 23.4. The zero-order valence-electron chi connectivity index (χ0n) is 22.6. The molecule has 0 unspecified atom stereocenters. The summed E-state index contributed by atoms with van der Waals surface area (Å²) in [5, 5.41) is 4.78. The molecule has 10 heteroatoms. The molecule has 0 radical (unpaired) electrons. The molecule has 0 aliphatic carbocycles. The Morgan fingerprint density at radius 1 is 0.825 bits per heavy atom. The molecular weight excluding hydrogens is 532 g/mol. The number of carbonyl (C=O) groups is 1. The van der Waals surface area contributed by atoms with Crippen LogP contribution in [0.5, 0.6) is 23.0 Å². The van der Waals surface area contributed by atoms with Gasteiger partial charge in [0, 0.05) is 11.5 Å². The first kappa shape index (κ1) is 28.6. The Balaban J connectivity index is 1.50. The molecule has 4 aromatic carbocycles. The van der Waals surface area contributed by atoms with Gasteiger partial charge in [-0.15, -0.1) is 0 Å². The summed E-state index contributed by atoms with van der Waals surface area (Å²) in [7, 11) is -1.28. The van der Waals surface area contributed by atoms with E-state index in [0.717, 1.165) is 15.1 Å². The number of nitrogens with one attached hydrogen (secondary N) is 1. The van der Waals surface area contributed by atoms with E-state index in [-0.39, 0.29) is 23.8 Å². The average molecular weight is 565 g/mol. The predicted octanol–water partition coefficient (Wildman–Crippen LogP) is 4.65. The first-order chi connectivity index (χ1) is 19.4. The predicted molar refractivity (Wildman–Crippen MR) is 154 cm³/mol. The summed E-state index contributed by atoms with van der Waals surface area (Å²) in [6, 6.07) is 24.4. The van der Waals surface area contributed by atoms with E-state index in [4.69, 9.17) is 18.9 Å². The van der Waals surface area contributed by atoms with Gasteiger partial charge in [0.1, 0.15) is 24.7 Å². The van der Waals surface area contributed by atoms with Gasteiger partial charge in [-0.25, -0.2) is 8.42 Å². The highest BCUT2D eigenvalue weighted by molar-refractivity contribution is 7.92. The maximum atomic E-state index is 13.8. The number of ether oxygens (including phenoxy) is 4. The molecule has 40 heavy (non-hydrogen) atoms. The van der Waals surface area contributed by atoms with Crippen LogP contribution in [0.4, 0.5) is 5.69 Å². The fourth-order valence-corrected chi connectivity index (χ4v) is 5.59. The minimum Gasteiger partial charge on any atom is -0.494 e. The SMILES string of the molecule is CCOc1ccc(N(CC(=O)NCCOc2cccc3ccccc23)S(=O)(=O)c2ccc(OC)c(OC)c2)cc1. The van der Waals surface area contributed by atoms with Crippen LogP contribution in [0.2, 0.25) is 0 Å². The Morgan fingerprint density at radius 3 is 2.27 bits per heavy atom. The zero-order chi connectivity index (χ0) is 28.5. The van der Waals surface area contributed by atoms with E-state index in [1.807, 2.05) is 49.4 Å². The number of rotatable bonds is 13. The summed E-state index contributed by atoms with van der Waals surface area (Å²) in [6.07, 6.45) is 0. The highest BCUT2D eigenvalue weighted by atomic mass is 32.2. The van der Waals surface area contributed by atoms with Crippen molar-refractivity contribution in [1.82, 2.24) is 5.32 Å². The Hall–Kier alpha value is -4.44. The van der Waals surface area contributed by atoms with Gasteiger partial charge in [0.25, 0.3) is 10.0 Å². The Morgan fingerprint density at radius 2 is 1.55 bits per heavy atom. The highest BCUT2D eigenvalue weighted by Crippen LogP contribution is 2.32. The summed E-state index contributed by atoms with van der Waals surface area (Å²) in [6.45, 7) is 2.28. The van der Waals surface area contributed by atoms with Crippen LogP contribution in [0, 0.1) is 0 Å². The summed E-state index contributed by atoms with van der Waals surface area (Å²) < 4.78 is 50.5. The van der Waals surface area contributed by atoms with Crippen molar-refractivity contribution < 1.29 is 32.2 Å². The van der Waals surface area contributed by atoms with Crippen LogP contribution >= 0.6 is 0 Å². The van der Waals surface area contributed by atoms with Gasteiger partial charge in [0.15, 0.2) is 11.5 Å². The minimum atomic E-state index is -4.16. The largest absolute Gasteiger partial charge is 0.494 e. The second-order valence-electron chi connectivity index (χ2n) is 8.63. The average Bonchev–Trinajstić information content (AvgIpc) is 2.98. The topological polar surface area (TPSA) is 103 Å². The summed E-state index contributed by atoms with van der Waals surface area (Å²) >= 11 is 0. The molecule has 0 bridgehead atoms. The van der Waals surface area contributed by atoms with Gasteiger partial charge < -0.3 is 24.3 Å². The van der Waals surface area contributed by atoms with Gasteiger partial charge in [-0.3, -0.25) is 9.10 Å². The van der Waals surface area contributed by atoms with Crippen molar-refractivity contribution >= 4 is 32.4 Å². The molecule has 4 rings (SSSR count). The number of nitrogens with zero attached hydrogens (tertiary/aromatic N) is 1. The molecule has 0 saturated heterocycles. The van der Waals surface area contributed by atoms with E-state index in [2.05, 4.69) is 5.32 Å². The molecule has 1 N–H and O–H groups in total. The van der Waals surface area contributed by atoms with Crippen molar-refractivity contribution in [2.75, 3.05) is 44.8 Å². The number of hydrogen-bond donors (Lipinski definition) is 1. The molecule has 1 amide bonds. The van der Waals surface area contributed by atoms with Crippen molar-refractivity contribution in [1.29, 1.82) is 0 Å². The summed E-state index contributed by atoms with van der Waals surface area (Å²) in [5.74, 6) is 1.45. The van der Waals surface area contributed by atoms with Crippen LogP contribution in [0.25, 0.3) is 10.8 Å². The second-order valence-corrected chi connectivity index (χ2v) is 10.5. The molecule has 0 heterocycles. The standard InChI is InChI=1S/C30H32N2O7S/c1-4-38-24-14-12-23(13-15-24)32(40(34,35)25-16-17-28(36-2)29(20-25)37-3)21-30(33)31-18-19-39-27-11-7-9-22-8-5-6-10-26(22)27/h5-17,20H,4,18-19,21H2,1-3H3,(H,31,33). The molecule has 9 nitrogen and oxygen atoms in total. The molecule has 0 atom stereocenters.